The van der Waals surface area contributed by atoms with Gasteiger partial charge in [-0.05, 0) is 40.8 Å². The van der Waals surface area contributed by atoms with Gasteiger partial charge in [0.15, 0.2) is 0 Å². The van der Waals surface area contributed by atoms with Crippen LogP contribution in [0.3, 0.4) is 0 Å². The minimum atomic E-state index is 0.650. The van der Waals surface area contributed by atoms with E-state index in [2.05, 4.69) is 64.6 Å². The Morgan fingerprint density at radius 3 is 2.54 bits per heavy atom. The van der Waals surface area contributed by atoms with Gasteiger partial charge in [-0.25, -0.2) is 4.98 Å². The summed E-state index contributed by atoms with van der Waals surface area (Å²) < 4.78 is 5.87. The summed E-state index contributed by atoms with van der Waals surface area (Å²) in [5, 5.41) is 2.53. The van der Waals surface area contributed by atoms with Crippen molar-refractivity contribution >= 4 is 10.8 Å². The summed E-state index contributed by atoms with van der Waals surface area (Å²) in [4.78, 5) is 7.73. The molecule has 0 unspecified atom stereocenters. The van der Waals surface area contributed by atoms with Gasteiger partial charge in [0.05, 0.1) is 24.3 Å². The molecule has 0 radical (unpaired) electrons. The smallest absolute Gasteiger partial charge is 0.0927 e. The molecule has 0 aliphatic heterocycles. The fourth-order valence-corrected chi connectivity index (χ4v) is 3.23. The molecule has 26 heavy (non-hydrogen) atoms. The fraction of sp³-hybridized carbons (Fsp3) is 0.174. The molecule has 1 N–H and O–H groups in total. The van der Waals surface area contributed by atoms with Crippen LogP contribution in [0.5, 0.6) is 0 Å². The number of benzene rings is 3. The van der Waals surface area contributed by atoms with Crippen LogP contribution >= 0.6 is 0 Å². The predicted octanol–water partition coefficient (Wildman–Crippen LogP) is 5.38. The van der Waals surface area contributed by atoms with Crippen molar-refractivity contribution in [2.75, 3.05) is 6.61 Å². The third kappa shape index (κ3) is 3.84. The van der Waals surface area contributed by atoms with E-state index in [-0.39, 0.29) is 0 Å². The fourth-order valence-electron chi connectivity index (χ4n) is 3.23. The number of H-pyrrole nitrogens is 1. The van der Waals surface area contributed by atoms with Gasteiger partial charge in [0.1, 0.15) is 0 Å². The molecule has 3 aromatic carbocycles. The summed E-state index contributed by atoms with van der Waals surface area (Å²) in [6.45, 7) is 1.38. The first kappa shape index (κ1) is 16.6. The first-order valence-electron chi connectivity index (χ1n) is 9.03. The standard InChI is InChI=1S/C23H22N2O/c1-2-8-20(9-3-1)23-22(24-17-25-23)11-6-14-26-16-18-12-13-19-7-4-5-10-21(19)15-18/h1-5,7-10,12-13,15,17H,6,11,14,16H2,(H,24,25). The maximum absolute atomic E-state index is 5.87. The maximum Gasteiger partial charge on any atom is 0.0927 e. The van der Waals surface area contributed by atoms with Gasteiger partial charge in [-0.1, -0.05) is 66.7 Å². The van der Waals surface area contributed by atoms with E-state index in [9.17, 15) is 0 Å². The molecular formula is C23H22N2O. The van der Waals surface area contributed by atoms with Gasteiger partial charge < -0.3 is 9.72 Å². The average Bonchev–Trinajstić information content (AvgIpc) is 3.17. The Labute approximate surface area is 153 Å². The molecule has 0 amide bonds. The van der Waals surface area contributed by atoms with Crippen LogP contribution in [-0.4, -0.2) is 16.6 Å². The van der Waals surface area contributed by atoms with Crippen molar-refractivity contribution in [3.8, 4) is 11.3 Å². The molecule has 0 saturated carbocycles. The van der Waals surface area contributed by atoms with Crippen molar-refractivity contribution < 1.29 is 4.74 Å². The largest absolute Gasteiger partial charge is 0.377 e. The van der Waals surface area contributed by atoms with Gasteiger partial charge in [0, 0.05) is 6.61 Å². The average molecular weight is 342 g/mol. The minimum Gasteiger partial charge on any atom is -0.377 e. The number of aromatic amines is 1. The summed E-state index contributed by atoms with van der Waals surface area (Å²) in [7, 11) is 0. The highest BCUT2D eigenvalue weighted by atomic mass is 16.5. The predicted molar refractivity (Wildman–Crippen MR) is 106 cm³/mol. The van der Waals surface area contributed by atoms with E-state index in [1.807, 2.05) is 18.2 Å². The number of ether oxygens (including phenoxy) is 1. The first-order chi connectivity index (χ1) is 12.9. The van der Waals surface area contributed by atoms with Crippen molar-refractivity contribution in [1.82, 2.24) is 9.97 Å². The Morgan fingerprint density at radius 2 is 1.65 bits per heavy atom. The molecule has 1 heterocycles. The van der Waals surface area contributed by atoms with Crippen molar-refractivity contribution in [2.45, 2.75) is 19.4 Å². The summed E-state index contributed by atoms with van der Waals surface area (Å²) in [6, 6.07) is 25.2. The lowest BCUT2D eigenvalue weighted by molar-refractivity contribution is 0.118. The summed E-state index contributed by atoms with van der Waals surface area (Å²) in [6.07, 6.45) is 3.64. The minimum absolute atomic E-state index is 0.650. The van der Waals surface area contributed by atoms with Gasteiger partial charge >= 0.3 is 0 Å². The molecule has 0 bridgehead atoms. The summed E-state index contributed by atoms with van der Waals surface area (Å²) in [5.74, 6) is 0. The van der Waals surface area contributed by atoms with Crippen LogP contribution in [0.4, 0.5) is 0 Å². The lowest BCUT2D eigenvalue weighted by Gasteiger charge is -2.06. The number of hydrogen-bond acceptors (Lipinski definition) is 2. The maximum atomic E-state index is 5.87. The van der Waals surface area contributed by atoms with Crippen LogP contribution in [0.25, 0.3) is 22.0 Å². The van der Waals surface area contributed by atoms with Crippen LogP contribution in [0.1, 0.15) is 17.7 Å². The number of nitrogens with zero attached hydrogens (tertiary/aromatic N) is 1. The summed E-state index contributed by atoms with van der Waals surface area (Å²) >= 11 is 0. The number of nitrogens with one attached hydrogen (secondary N) is 1. The number of aromatic nitrogens is 2. The number of fused-ring (bicyclic) bond motifs is 1. The number of hydrogen-bond donors (Lipinski definition) is 1. The van der Waals surface area contributed by atoms with Crippen molar-refractivity contribution in [2.24, 2.45) is 0 Å². The quantitative estimate of drug-likeness (QED) is 0.458. The van der Waals surface area contributed by atoms with E-state index < -0.39 is 0 Å². The zero-order valence-electron chi connectivity index (χ0n) is 14.7. The van der Waals surface area contributed by atoms with E-state index in [0.717, 1.165) is 30.8 Å². The third-order valence-corrected chi connectivity index (χ3v) is 4.57. The molecule has 3 nitrogen and oxygen atoms in total. The molecule has 0 spiro atoms. The molecule has 0 aliphatic rings. The van der Waals surface area contributed by atoms with Crippen LogP contribution in [0.2, 0.25) is 0 Å². The van der Waals surface area contributed by atoms with Gasteiger partial charge in [0.2, 0.25) is 0 Å². The van der Waals surface area contributed by atoms with E-state index in [1.54, 1.807) is 6.33 Å². The van der Waals surface area contributed by atoms with Crippen LogP contribution in [0, 0.1) is 0 Å². The zero-order chi connectivity index (χ0) is 17.6. The topological polar surface area (TPSA) is 37.9 Å². The molecule has 4 aromatic rings. The van der Waals surface area contributed by atoms with Crippen molar-refractivity contribution in [3.63, 3.8) is 0 Å². The molecule has 0 fully saturated rings. The number of aryl methyl sites for hydroxylation is 1. The molecule has 3 heteroatoms. The molecule has 4 rings (SSSR count). The highest BCUT2D eigenvalue weighted by Crippen LogP contribution is 2.21. The first-order valence-corrected chi connectivity index (χ1v) is 9.03. The second-order valence-corrected chi connectivity index (χ2v) is 6.43. The second-order valence-electron chi connectivity index (χ2n) is 6.43. The lowest BCUT2D eigenvalue weighted by atomic mass is 10.1. The van der Waals surface area contributed by atoms with E-state index in [0.29, 0.717) is 6.61 Å². The lowest BCUT2D eigenvalue weighted by Crippen LogP contribution is -1.99. The Morgan fingerprint density at radius 1 is 0.846 bits per heavy atom. The number of rotatable bonds is 7. The normalized spacial score (nSPS) is 11.1. The zero-order valence-corrected chi connectivity index (χ0v) is 14.7. The second kappa shape index (κ2) is 7.98. The summed E-state index contributed by atoms with van der Waals surface area (Å²) in [5.41, 5.74) is 4.61. The highest BCUT2D eigenvalue weighted by Gasteiger charge is 2.07. The molecule has 130 valence electrons. The van der Waals surface area contributed by atoms with Gasteiger partial charge in [-0.3, -0.25) is 0 Å². The van der Waals surface area contributed by atoms with Crippen LogP contribution in [0.15, 0.2) is 79.1 Å². The Balaban J connectivity index is 1.29. The van der Waals surface area contributed by atoms with Gasteiger partial charge in [-0.2, -0.15) is 0 Å². The Bertz CT molecular complexity index is 976. The van der Waals surface area contributed by atoms with E-state index in [1.165, 1.54) is 21.9 Å². The molecule has 0 saturated heterocycles. The Kier molecular flexibility index (Phi) is 5.08. The van der Waals surface area contributed by atoms with E-state index in [4.69, 9.17) is 4.74 Å². The SMILES string of the molecule is c1ccc(-c2[nH]cnc2CCCOCc2ccc3ccccc3c2)cc1. The molecule has 0 atom stereocenters. The van der Waals surface area contributed by atoms with E-state index >= 15 is 0 Å². The van der Waals surface area contributed by atoms with Crippen LogP contribution in [-0.2, 0) is 17.8 Å². The highest BCUT2D eigenvalue weighted by molar-refractivity contribution is 5.82. The van der Waals surface area contributed by atoms with Crippen LogP contribution < -0.4 is 0 Å². The number of imidazole rings is 1. The third-order valence-electron chi connectivity index (χ3n) is 4.57. The monoisotopic (exact) mass is 342 g/mol. The molecular weight excluding hydrogens is 320 g/mol. The van der Waals surface area contributed by atoms with Crippen molar-refractivity contribution in [3.05, 3.63) is 90.4 Å². The molecule has 0 aliphatic carbocycles. The molecule has 1 aromatic heterocycles. The van der Waals surface area contributed by atoms with Crippen molar-refractivity contribution in [1.29, 1.82) is 0 Å². The van der Waals surface area contributed by atoms with Gasteiger partial charge in [0.25, 0.3) is 0 Å². The Hall–Kier alpha value is -2.91. The van der Waals surface area contributed by atoms with Gasteiger partial charge in [-0.15, -0.1) is 0 Å².